The summed E-state index contributed by atoms with van der Waals surface area (Å²) in [7, 11) is -0.787. The molecule has 0 saturated carbocycles. The number of hydrogen-bond acceptors (Lipinski definition) is 4. The Bertz CT molecular complexity index is 370. The zero-order valence-electron chi connectivity index (χ0n) is 10.2. The predicted octanol–water partition coefficient (Wildman–Crippen LogP) is 1.20. The molecule has 4 nitrogen and oxygen atoms in total. The SMILES string of the molecule is Cc1nccnc1C(C)NCC(C)S(C)=O. The van der Waals surface area contributed by atoms with Crippen molar-refractivity contribution in [3.8, 4) is 0 Å². The molecule has 0 bridgehead atoms. The van der Waals surface area contributed by atoms with Crippen LogP contribution in [0.15, 0.2) is 12.4 Å². The molecule has 0 aliphatic carbocycles. The van der Waals surface area contributed by atoms with Gasteiger partial charge < -0.3 is 5.32 Å². The van der Waals surface area contributed by atoms with Gasteiger partial charge in [-0.2, -0.15) is 0 Å². The molecule has 1 N–H and O–H groups in total. The van der Waals surface area contributed by atoms with Crippen LogP contribution in [0.25, 0.3) is 0 Å². The van der Waals surface area contributed by atoms with Crippen molar-refractivity contribution < 1.29 is 4.21 Å². The van der Waals surface area contributed by atoms with Crippen molar-refractivity contribution in [1.82, 2.24) is 15.3 Å². The highest BCUT2D eigenvalue weighted by atomic mass is 32.2. The van der Waals surface area contributed by atoms with Crippen LogP contribution in [0.5, 0.6) is 0 Å². The van der Waals surface area contributed by atoms with Gasteiger partial charge in [0.05, 0.1) is 11.4 Å². The lowest BCUT2D eigenvalue weighted by Crippen LogP contribution is -2.30. The van der Waals surface area contributed by atoms with Crippen LogP contribution in [-0.4, -0.2) is 32.2 Å². The second kappa shape index (κ2) is 6.06. The predicted molar refractivity (Wildman–Crippen MR) is 66.7 cm³/mol. The summed E-state index contributed by atoms with van der Waals surface area (Å²) in [6, 6.07) is 0.139. The highest BCUT2D eigenvalue weighted by molar-refractivity contribution is 7.84. The Kier molecular flexibility index (Phi) is 5.02. The molecule has 1 aromatic heterocycles. The largest absolute Gasteiger partial charge is 0.308 e. The maximum atomic E-state index is 11.2. The molecule has 0 saturated heterocycles. The van der Waals surface area contributed by atoms with Crippen molar-refractivity contribution in [2.75, 3.05) is 12.8 Å². The average Bonchev–Trinajstić information content (AvgIpc) is 2.25. The highest BCUT2D eigenvalue weighted by Gasteiger charge is 2.12. The van der Waals surface area contributed by atoms with Crippen LogP contribution < -0.4 is 5.32 Å². The molecule has 3 atom stereocenters. The van der Waals surface area contributed by atoms with Crippen LogP contribution in [-0.2, 0) is 10.8 Å². The fourth-order valence-corrected chi connectivity index (χ4v) is 1.73. The summed E-state index contributed by atoms with van der Waals surface area (Å²) in [5.41, 5.74) is 1.89. The van der Waals surface area contributed by atoms with E-state index >= 15 is 0 Å². The van der Waals surface area contributed by atoms with Gasteiger partial charge in [-0.05, 0) is 20.8 Å². The van der Waals surface area contributed by atoms with Gasteiger partial charge in [0, 0.05) is 47.3 Å². The molecule has 1 rings (SSSR count). The summed E-state index contributed by atoms with van der Waals surface area (Å²) < 4.78 is 11.2. The van der Waals surface area contributed by atoms with Gasteiger partial charge >= 0.3 is 0 Å². The molecule has 0 aliphatic heterocycles. The second-order valence-electron chi connectivity index (χ2n) is 3.97. The summed E-state index contributed by atoms with van der Waals surface area (Å²) >= 11 is 0. The van der Waals surface area contributed by atoms with E-state index in [1.807, 2.05) is 20.8 Å². The van der Waals surface area contributed by atoms with Crippen molar-refractivity contribution in [3.63, 3.8) is 0 Å². The zero-order chi connectivity index (χ0) is 12.1. The molecule has 0 aliphatic rings. The van der Waals surface area contributed by atoms with Gasteiger partial charge in [-0.1, -0.05) is 0 Å². The molecule has 1 aromatic rings. The molecule has 0 amide bonds. The lowest BCUT2D eigenvalue weighted by Gasteiger charge is -2.17. The first kappa shape index (κ1) is 13.3. The van der Waals surface area contributed by atoms with E-state index in [1.54, 1.807) is 18.6 Å². The minimum atomic E-state index is -0.787. The zero-order valence-corrected chi connectivity index (χ0v) is 11.0. The van der Waals surface area contributed by atoms with Gasteiger partial charge in [0.1, 0.15) is 0 Å². The van der Waals surface area contributed by atoms with Gasteiger partial charge in [0.15, 0.2) is 0 Å². The minimum Gasteiger partial charge on any atom is -0.308 e. The van der Waals surface area contributed by atoms with Gasteiger partial charge in [-0.3, -0.25) is 14.2 Å². The fourth-order valence-electron chi connectivity index (χ4n) is 1.40. The maximum absolute atomic E-state index is 11.2. The van der Waals surface area contributed by atoms with Crippen molar-refractivity contribution in [2.45, 2.75) is 32.1 Å². The van der Waals surface area contributed by atoms with E-state index in [2.05, 4.69) is 15.3 Å². The summed E-state index contributed by atoms with van der Waals surface area (Å²) in [5.74, 6) is 0. The summed E-state index contributed by atoms with van der Waals surface area (Å²) in [6.07, 6.45) is 5.11. The number of nitrogens with zero attached hydrogens (tertiary/aromatic N) is 2. The Hall–Kier alpha value is -0.810. The number of aromatic nitrogens is 2. The molecule has 5 heteroatoms. The first-order valence-electron chi connectivity index (χ1n) is 5.35. The van der Waals surface area contributed by atoms with E-state index in [4.69, 9.17) is 0 Å². The van der Waals surface area contributed by atoms with Crippen molar-refractivity contribution >= 4 is 10.8 Å². The van der Waals surface area contributed by atoms with Crippen molar-refractivity contribution in [1.29, 1.82) is 0 Å². The van der Waals surface area contributed by atoms with Crippen LogP contribution >= 0.6 is 0 Å². The third kappa shape index (κ3) is 3.64. The Balaban J connectivity index is 2.56. The molecule has 0 aromatic carbocycles. The van der Waals surface area contributed by atoms with Gasteiger partial charge in [0.25, 0.3) is 0 Å². The molecule has 90 valence electrons. The molecular weight excluding hydrogens is 222 g/mol. The standard InChI is InChI=1S/C11H19N3OS/c1-8(16(4)15)7-14-10(3)11-9(2)12-5-6-13-11/h5-6,8,10,14H,7H2,1-4H3. The summed E-state index contributed by atoms with van der Waals surface area (Å²) in [5, 5.41) is 3.48. The third-order valence-corrected chi connectivity index (χ3v) is 3.91. The van der Waals surface area contributed by atoms with Gasteiger partial charge in [-0.15, -0.1) is 0 Å². The Morgan fingerprint density at radius 1 is 1.38 bits per heavy atom. The Labute approximate surface area is 99.3 Å². The molecule has 16 heavy (non-hydrogen) atoms. The number of aryl methyl sites for hydroxylation is 1. The maximum Gasteiger partial charge on any atom is 0.0782 e. The summed E-state index contributed by atoms with van der Waals surface area (Å²) in [6.45, 7) is 6.68. The van der Waals surface area contributed by atoms with Crippen LogP contribution in [0.2, 0.25) is 0 Å². The fraction of sp³-hybridized carbons (Fsp3) is 0.636. The minimum absolute atomic E-state index is 0.139. The molecule has 3 unspecified atom stereocenters. The third-order valence-electron chi connectivity index (χ3n) is 2.61. The first-order chi connectivity index (χ1) is 7.52. The number of hydrogen-bond donors (Lipinski definition) is 1. The quantitative estimate of drug-likeness (QED) is 0.841. The van der Waals surface area contributed by atoms with E-state index in [0.717, 1.165) is 17.9 Å². The summed E-state index contributed by atoms with van der Waals surface area (Å²) in [4.78, 5) is 8.50. The molecule has 0 fully saturated rings. The van der Waals surface area contributed by atoms with Crippen LogP contribution in [0.3, 0.4) is 0 Å². The molecular formula is C11H19N3OS. The monoisotopic (exact) mass is 241 g/mol. The second-order valence-corrected chi connectivity index (χ2v) is 5.77. The average molecular weight is 241 g/mol. The van der Waals surface area contributed by atoms with Gasteiger partial charge in [-0.25, -0.2) is 0 Å². The van der Waals surface area contributed by atoms with E-state index < -0.39 is 10.8 Å². The smallest absolute Gasteiger partial charge is 0.0782 e. The lowest BCUT2D eigenvalue weighted by atomic mass is 10.2. The molecule has 1 heterocycles. The first-order valence-corrected chi connectivity index (χ1v) is 6.97. The van der Waals surface area contributed by atoms with Crippen molar-refractivity contribution in [3.05, 3.63) is 23.8 Å². The van der Waals surface area contributed by atoms with E-state index in [0.29, 0.717) is 0 Å². The molecule has 0 spiro atoms. The number of rotatable bonds is 5. The topological polar surface area (TPSA) is 54.9 Å². The number of nitrogens with one attached hydrogen (secondary N) is 1. The molecule has 0 radical (unpaired) electrons. The van der Waals surface area contributed by atoms with Crippen molar-refractivity contribution in [2.24, 2.45) is 0 Å². The normalized spacial score (nSPS) is 16.8. The van der Waals surface area contributed by atoms with E-state index in [-0.39, 0.29) is 11.3 Å². The highest BCUT2D eigenvalue weighted by Crippen LogP contribution is 2.11. The lowest BCUT2D eigenvalue weighted by molar-refractivity contribution is 0.552. The Morgan fingerprint density at radius 2 is 2.00 bits per heavy atom. The van der Waals surface area contributed by atoms with Crippen LogP contribution in [0.1, 0.15) is 31.3 Å². The van der Waals surface area contributed by atoms with E-state index in [9.17, 15) is 4.21 Å². The van der Waals surface area contributed by atoms with Gasteiger partial charge in [0.2, 0.25) is 0 Å². The Morgan fingerprint density at radius 3 is 2.56 bits per heavy atom. The van der Waals surface area contributed by atoms with Crippen LogP contribution in [0.4, 0.5) is 0 Å². The van der Waals surface area contributed by atoms with E-state index in [1.165, 1.54) is 0 Å². The van der Waals surface area contributed by atoms with Crippen LogP contribution in [0, 0.1) is 6.92 Å².